The van der Waals surface area contributed by atoms with Gasteiger partial charge in [0.2, 0.25) is 11.7 Å². The number of aromatic nitrogens is 2. The third-order valence-corrected chi connectivity index (χ3v) is 3.45. The van der Waals surface area contributed by atoms with Crippen LogP contribution >= 0.6 is 0 Å². The van der Waals surface area contributed by atoms with Crippen molar-refractivity contribution in [2.75, 3.05) is 7.11 Å². The molecule has 1 heterocycles. The standard InChI is InChI=1S/C16H23N3O2/c1-6-10-7-11(15-18-13(9-17)21-19-15)14(20-5)12(8-10)16(2,3)4/h7-8H,6,9,17H2,1-5H3. The minimum Gasteiger partial charge on any atom is -0.496 e. The molecule has 0 aliphatic heterocycles. The van der Waals surface area contributed by atoms with E-state index in [0.717, 1.165) is 23.3 Å². The van der Waals surface area contributed by atoms with Gasteiger partial charge >= 0.3 is 0 Å². The van der Waals surface area contributed by atoms with E-state index in [0.29, 0.717) is 11.7 Å². The quantitative estimate of drug-likeness (QED) is 0.936. The predicted molar refractivity (Wildman–Crippen MR) is 82.3 cm³/mol. The van der Waals surface area contributed by atoms with Gasteiger partial charge in [0, 0.05) is 5.56 Å². The summed E-state index contributed by atoms with van der Waals surface area (Å²) in [6.07, 6.45) is 0.932. The number of hydrogen-bond acceptors (Lipinski definition) is 5. The normalized spacial score (nSPS) is 11.7. The Morgan fingerprint density at radius 3 is 2.48 bits per heavy atom. The summed E-state index contributed by atoms with van der Waals surface area (Å²) in [7, 11) is 1.67. The van der Waals surface area contributed by atoms with Gasteiger partial charge in [-0.25, -0.2) is 0 Å². The van der Waals surface area contributed by atoms with Gasteiger partial charge in [0.25, 0.3) is 0 Å². The molecule has 5 heteroatoms. The molecule has 0 atom stereocenters. The highest BCUT2D eigenvalue weighted by atomic mass is 16.5. The maximum absolute atomic E-state index is 5.65. The maximum atomic E-state index is 5.65. The number of benzene rings is 1. The summed E-state index contributed by atoms with van der Waals surface area (Å²) in [5.74, 6) is 1.74. The van der Waals surface area contributed by atoms with Crippen LogP contribution in [0, 0.1) is 0 Å². The monoisotopic (exact) mass is 289 g/mol. The van der Waals surface area contributed by atoms with Crippen LogP contribution in [0.3, 0.4) is 0 Å². The molecule has 0 aliphatic rings. The van der Waals surface area contributed by atoms with Gasteiger partial charge in [-0.05, 0) is 23.5 Å². The van der Waals surface area contributed by atoms with Crippen molar-refractivity contribution in [2.45, 2.75) is 46.1 Å². The molecule has 0 amide bonds. The average Bonchev–Trinajstić information content (AvgIpc) is 2.93. The molecule has 2 aromatic rings. The minimum absolute atomic E-state index is 0.0360. The van der Waals surface area contributed by atoms with E-state index >= 15 is 0 Å². The third kappa shape index (κ3) is 3.08. The molecular formula is C16H23N3O2. The first-order valence-corrected chi connectivity index (χ1v) is 7.15. The first-order valence-electron chi connectivity index (χ1n) is 7.15. The second-order valence-corrected chi connectivity index (χ2v) is 6.04. The molecule has 0 fully saturated rings. The highest BCUT2D eigenvalue weighted by molar-refractivity contribution is 5.68. The van der Waals surface area contributed by atoms with Crippen LogP contribution < -0.4 is 10.5 Å². The lowest BCUT2D eigenvalue weighted by Crippen LogP contribution is -2.14. The van der Waals surface area contributed by atoms with Gasteiger partial charge in [-0.2, -0.15) is 4.98 Å². The van der Waals surface area contributed by atoms with E-state index in [1.807, 2.05) is 0 Å². The number of nitrogens with two attached hydrogens (primary N) is 1. The summed E-state index contributed by atoms with van der Waals surface area (Å²) in [4.78, 5) is 4.32. The summed E-state index contributed by atoms with van der Waals surface area (Å²) in [6, 6.07) is 4.24. The Bertz CT molecular complexity index is 627. The molecule has 5 nitrogen and oxygen atoms in total. The molecule has 0 radical (unpaired) electrons. The number of rotatable bonds is 4. The molecule has 0 unspecified atom stereocenters. The molecule has 0 bridgehead atoms. The molecule has 0 spiro atoms. The number of hydrogen-bond donors (Lipinski definition) is 1. The molecule has 21 heavy (non-hydrogen) atoms. The van der Waals surface area contributed by atoms with Crippen molar-refractivity contribution >= 4 is 0 Å². The highest BCUT2D eigenvalue weighted by Crippen LogP contribution is 2.39. The van der Waals surface area contributed by atoms with Crippen molar-refractivity contribution < 1.29 is 9.26 Å². The van der Waals surface area contributed by atoms with E-state index in [4.69, 9.17) is 15.0 Å². The fourth-order valence-electron chi connectivity index (χ4n) is 2.28. The molecule has 0 saturated heterocycles. The lowest BCUT2D eigenvalue weighted by molar-refractivity contribution is 0.379. The number of aryl methyl sites for hydroxylation is 1. The van der Waals surface area contributed by atoms with E-state index in [1.54, 1.807) is 7.11 Å². The Hall–Kier alpha value is -1.88. The van der Waals surface area contributed by atoms with Gasteiger partial charge in [0.05, 0.1) is 19.2 Å². The van der Waals surface area contributed by atoms with Crippen LogP contribution in [0.1, 0.15) is 44.7 Å². The van der Waals surface area contributed by atoms with Crippen LogP contribution in [-0.2, 0) is 18.4 Å². The summed E-state index contributed by atoms with van der Waals surface area (Å²) in [5, 5.41) is 4.02. The Kier molecular flexibility index (Phi) is 4.32. The van der Waals surface area contributed by atoms with Crippen LogP contribution in [0.5, 0.6) is 5.75 Å². The molecule has 0 aliphatic carbocycles. The van der Waals surface area contributed by atoms with Crippen LogP contribution in [0.25, 0.3) is 11.4 Å². The summed E-state index contributed by atoms with van der Waals surface area (Å²) < 4.78 is 10.8. The second-order valence-electron chi connectivity index (χ2n) is 6.04. The number of nitrogens with zero attached hydrogens (tertiary/aromatic N) is 2. The largest absolute Gasteiger partial charge is 0.496 e. The van der Waals surface area contributed by atoms with Crippen LogP contribution in [0.4, 0.5) is 0 Å². The zero-order valence-corrected chi connectivity index (χ0v) is 13.4. The Labute approximate surface area is 125 Å². The van der Waals surface area contributed by atoms with Gasteiger partial charge in [-0.15, -0.1) is 0 Å². The molecule has 114 valence electrons. The van der Waals surface area contributed by atoms with Gasteiger partial charge in [-0.3, -0.25) is 0 Å². The van der Waals surface area contributed by atoms with Crippen molar-refractivity contribution in [3.63, 3.8) is 0 Å². The van der Waals surface area contributed by atoms with Gasteiger partial charge < -0.3 is 15.0 Å². The van der Waals surface area contributed by atoms with Crippen molar-refractivity contribution in [2.24, 2.45) is 5.73 Å². The second kappa shape index (κ2) is 5.85. The Morgan fingerprint density at radius 1 is 1.29 bits per heavy atom. The van der Waals surface area contributed by atoms with Crippen molar-refractivity contribution in [1.29, 1.82) is 0 Å². The maximum Gasteiger partial charge on any atom is 0.240 e. The van der Waals surface area contributed by atoms with Gasteiger partial charge in [0.1, 0.15) is 5.75 Å². The topological polar surface area (TPSA) is 74.2 Å². The first kappa shape index (κ1) is 15.5. The smallest absolute Gasteiger partial charge is 0.240 e. The predicted octanol–water partition coefficient (Wildman–Crippen LogP) is 3.06. The zero-order valence-electron chi connectivity index (χ0n) is 13.4. The average molecular weight is 289 g/mol. The number of methoxy groups -OCH3 is 1. The van der Waals surface area contributed by atoms with Gasteiger partial charge in [0.15, 0.2) is 0 Å². The van der Waals surface area contributed by atoms with Crippen LogP contribution in [0.2, 0.25) is 0 Å². The zero-order chi connectivity index (χ0) is 15.6. The molecule has 0 saturated carbocycles. The van der Waals surface area contributed by atoms with E-state index in [2.05, 4.69) is 50.0 Å². The highest BCUT2D eigenvalue weighted by Gasteiger charge is 2.24. The molecular weight excluding hydrogens is 266 g/mol. The van der Waals surface area contributed by atoms with Crippen molar-refractivity contribution in [1.82, 2.24) is 10.1 Å². The third-order valence-electron chi connectivity index (χ3n) is 3.45. The lowest BCUT2D eigenvalue weighted by atomic mass is 9.83. The van der Waals surface area contributed by atoms with Crippen molar-refractivity contribution in [3.8, 4) is 17.1 Å². The molecule has 2 N–H and O–H groups in total. The minimum atomic E-state index is -0.0360. The fraction of sp³-hybridized carbons (Fsp3) is 0.500. The van der Waals surface area contributed by atoms with Crippen LogP contribution in [-0.4, -0.2) is 17.3 Å². The Morgan fingerprint density at radius 2 is 2.00 bits per heavy atom. The lowest BCUT2D eigenvalue weighted by Gasteiger charge is -2.24. The molecule has 2 rings (SSSR count). The summed E-state index contributed by atoms with van der Waals surface area (Å²) in [6.45, 7) is 8.84. The SMILES string of the molecule is CCc1cc(-c2noc(CN)n2)c(OC)c(C(C)(C)C)c1. The van der Waals surface area contributed by atoms with E-state index in [1.165, 1.54) is 5.56 Å². The van der Waals surface area contributed by atoms with E-state index in [-0.39, 0.29) is 12.0 Å². The summed E-state index contributed by atoms with van der Waals surface area (Å²) >= 11 is 0. The van der Waals surface area contributed by atoms with E-state index < -0.39 is 0 Å². The molecule has 1 aromatic carbocycles. The molecule has 1 aromatic heterocycles. The van der Waals surface area contributed by atoms with Gasteiger partial charge in [-0.1, -0.05) is 38.9 Å². The van der Waals surface area contributed by atoms with Crippen LogP contribution in [0.15, 0.2) is 16.7 Å². The first-order chi connectivity index (χ1) is 9.90. The van der Waals surface area contributed by atoms with E-state index in [9.17, 15) is 0 Å². The Balaban J connectivity index is 2.68. The summed E-state index contributed by atoms with van der Waals surface area (Å²) in [5.41, 5.74) is 8.71. The number of ether oxygens (including phenoxy) is 1. The fourth-order valence-corrected chi connectivity index (χ4v) is 2.28. The van der Waals surface area contributed by atoms with Crippen molar-refractivity contribution in [3.05, 3.63) is 29.2 Å².